The maximum atomic E-state index is 14.1. The van der Waals surface area contributed by atoms with Crippen LogP contribution in [0.2, 0.25) is 0 Å². The van der Waals surface area contributed by atoms with Crippen molar-refractivity contribution in [2.24, 2.45) is 0 Å². The Kier molecular flexibility index (Phi) is 7.60. The molecule has 1 unspecified atom stereocenters. The summed E-state index contributed by atoms with van der Waals surface area (Å²) in [5.41, 5.74) is 1.16. The summed E-state index contributed by atoms with van der Waals surface area (Å²) in [6, 6.07) is 13.5. The molecule has 176 valence electrons. The minimum Gasteiger partial charge on any atom is -0.494 e. The Bertz CT molecular complexity index is 958. The molecule has 6 nitrogen and oxygen atoms in total. The highest BCUT2D eigenvalue weighted by Crippen LogP contribution is 2.29. The standard InChI is InChI=1S/C26H32FN3O3/c1-2-3-4-7-18-33-21-12-10-20(11-13-21)30-25(31)19-24(26(30)32)29-16-14-28(15-17-29)23-9-6-5-8-22(23)27/h5-6,8-13,24H,2-4,7,14-19H2,1H3. The molecule has 0 bridgehead atoms. The number of unbranched alkanes of at least 4 members (excludes halogenated alkanes) is 3. The van der Waals surface area contributed by atoms with Gasteiger partial charge in [0.05, 0.1) is 30.4 Å². The molecule has 2 fully saturated rings. The number of ether oxygens (including phenoxy) is 1. The molecule has 0 spiro atoms. The van der Waals surface area contributed by atoms with E-state index in [9.17, 15) is 14.0 Å². The van der Waals surface area contributed by atoms with Gasteiger partial charge in [-0.25, -0.2) is 9.29 Å². The van der Waals surface area contributed by atoms with Gasteiger partial charge < -0.3 is 9.64 Å². The molecule has 1 atom stereocenters. The summed E-state index contributed by atoms with van der Waals surface area (Å²) in [5, 5.41) is 0. The molecule has 4 rings (SSSR count). The van der Waals surface area contributed by atoms with Crippen molar-refractivity contribution in [2.75, 3.05) is 42.6 Å². The van der Waals surface area contributed by atoms with E-state index in [1.807, 2.05) is 28.0 Å². The van der Waals surface area contributed by atoms with Crippen molar-refractivity contribution in [2.45, 2.75) is 45.1 Å². The van der Waals surface area contributed by atoms with E-state index in [0.717, 1.165) is 18.6 Å². The second-order valence-corrected chi connectivity index (χ2v) is 8.66. The minimum atomic E-state index is -0.463. The molecule has 0 aliphatic carbocycles. The Labute approximate surface area is 194 Å². The van der Waals surface area contributed by atoms with Gasteiger partial charge in [-0.15, -0.1) is 0 Å². The first-order chi connectivity index (χ1) is 16.1. The number of carbonyl (C=O) groups is 2. The van der Waals surface area contributed by atoms with Crippen molar-refractivity contribution in [3.63, 3.8) is 0 Å². The van der Waals surface area contributed by atoms with E-state index in [1.54, 1.807) is 24.3 Å². The number of hydrogen-bond acceptors (Lipinski definition) is 5. The summed E-state index contributed by atoms with van der Waals surface area (Å²) in [6.45, 7) is 5.29. The predicted octanol–water partition coefficient (Wildman–Crippen LogP) is 4.24. The molecule has 2 saturated heterocycles. The number of piperazine rings is 1. The average Bonchev–Trinajstić information content (AvgIpc) is 3.13. The smallest absolute Gasteiger partial charge is 0.251 e. The van der Waals surface area contributed by atoms with Crippen LogP contribution in [0.1, 0.15) is 39.0 Å². The predicted molar refractivity (Wildman–Crippen MR) is 127 cm³/mol. The molecule has 2 aromatic rings. The van der Waals surface area contributed by atoms with Gasteiger partial charge in [0.2, 0.25) is 5.91 Å². The molecule has 2 amide bonds. The van der Waals surface area contributed by atoms with E-state index in [1.165, 1.54) is 23.8 Å². The summed E-state index contributed by atoms with van der Waals surface area (Å²) >= 11 is 0. The molecule has 0 N–H and O–H groups in total. The van der Waals surface area contributed by atoms with Crippen LogP contribution in [0.3, 0.4) is 0 Å². The number of halogens is 1. The third-order valence-electron chi connectivity index (χ3n) is 6.43. The zero-order valence-corrected chi connectivity index (χ0v) is 19.2. The molecule has 0 saturated carbocycles. The van der Waals surface area contributed by atoms with Gasteiger partial charge in [0.25, 0.3) is 5.91 Å². The largest absolute Gasteiger partial charge is 0.494 e. The SMILES string of the molecule is CCCCCCOc1ccc(N2C(=O)CC(N3CCN(c4ccccc4F)CC3)C2=O)cc1. The molecule has 2 aliphatic rings. The first-order valence-electron chi connectivity index (χ1n) is 11.9. The summed E-state index contributed by atoms with van der Waals surface area (Å²) in [6.07, 6.45) is 4.75. The highest BCUT2D eigenvalue weighted by atomic mass is 19.1. The van der Waals surface area contributed by atoms with Crippen LogP contribution in [0.5, 0.6) is 5.75 Å². The Morgan fingerprint density at radius 3 is 2.36 bits per heavy atom. The van der Waals surface area contributed by atoms with Crippen molar-refractivity contribution >= 4 is 23.2 Å². The lowest BCUT2D eigenvalue weighted by Crippen LogP contribution is -2.52. The van der Waals surface area contributed by atoms with Crippen LogP contribution in [0, 0.1) is 5.82 Å². The van der Waals surface area contributed by atoms with Crippen molar-refractivity contribution in [3.8, 4) is 5.75 Å². The molecule has 2 heterocycles. The second-order valence-electron chi connectivity index (χ2n) is 8.66. The molecule has 7 heteroatoms. The van der Waals surface area contributed by atoms with E-state index in [0.29, 0.717) is 44.2 Å². The van der Waals surface area contributed by atoms with Gasteiger partial charge >= 0.3 is 0 Å². The fourth-order valence-electron chi connectivity index (χ4n) is 4.57. The number of nitrogens with zero attached hydrogens (tertiary/aromatic N) is 3. The Morgan fingerprint density at radius 2 is 1.67 bits per heavy atom. The number of carbonyl (C=O) groups excluding carboxylic acids is 2. The molecular weight excluding hydrogens is 421 g/mol. The van der Waals surface area contributed by atoms with E-state index < -0.39 is 6.04 Å². The van der Waals surface area contributed by atoms with Crippen LogP contribution < -0.4 is 14.5 Å². The lowest BCUT2D eigenvalue weighted by molar-refractivity contribution is -0.123. The van der Waals surface area contributed by atoms with Crippen LogP contribution in [-0.4, -0.2) is 55.5 Å². The summed E-state index contributed by atoms with van der Waals surface area (Å²) in [5.74, 6) is 0.134. The number of hydrogen-bond donors (Lipinski definition) is 0. The summed E-state index contributed by atoms with van der Waals surface area (Å²) < 4.78 is 19.9. The first-order valence-corrected chi connectivity index (χ1v) is 11.9. The summed E-state index contributed by atoms with van der Waals surface area (Å²) in [4.78, 5) is 31.2. The van der Waals surface area contributed by atoms with Crippen LogP contribution in [0.15, 0.2) is 48.5 Å². The van der Waals surface area contributed by atoms with Gasteiger partial charge in [0.1, 0.15) is 11.6 Å². The van der Waals surface area contributed by atoms with Gasteiger partial charge in [-0.1, -0.05) is 38.3 Å². The average molecular weight is 454 g/mol. The summed E-state index contributed by atoms with van der Waals surface area (Å²) in [7, 11) is 0. The van der Waals surface area contributed by atoms with Gasteiger partial charge in [-0.3, -0.25) is 14.5 Å². The van der Waals surface area contributed by atoms with Crippen molar-refractivity contribution in [3.05, 3.63) is 54.3 Å². The fourth-order valence-corrected chi connectivity index (χ4v) is 4.57. The topological polar surface area (TPSA) is 53.1 Å². The number of rotatable bonds is 9. The highest BCUT2D eigenvalue weighted by Gasteiger charge is 2.43. The van der Waals surface area contributed by atoms with E-state index >= 15 is 0 Å². The maximum Gasteiger partial charge on any atom is 0.251 e. The first kappa shape index (κ1) is 23.2. The van der Waals surface area contributed by atoms with Gasteiger partial charge in [-0.05, 0) is 42.8 Å². The van der Waals surface area contributed by atoms with Crippen LogP contribution >= 0.6 is 0 Å². The second kappa shape index (κ2) is 10.8. The van der Waals surface area contributed by atoms with Gasteiger partial charge in [0, 0.05) is 26.2 Å². The molecule has 0 aromatic heterocycles. The third-order valence-corrected chi connectivity index (χ3v) is 6.43. The van der Waals surface area contributed by atoms with Crippen molar-refractivity contribution in [1.82, 2.24) is 4.90 Å². The number of amides is 2. The van der Waals surface area contributed by atoms with E-state index in [4.69, 9.17) is 4.74 Å². The monoisotopic (exact) mass is 453 g/mol. The number of para-hydroxylation sites is 1. The van der Waals surface area contributed by atoms with Gasteiger partial charge in [0.15, 0.2) is 0 Å². The van der Waals surface area contributed by atoms with Crippen LogP contribution in [0.25, 0.3) is 0 Å². The quantitative estimate of drug-likeness (QED) is 0.420. The maximum absolute atomic E-state index is 14.1. The fraction of sp³-hybridized carbons (Fsp3) is 0.462. The Hall–Kier alpha value is -2.93. The molecule has 2 aromatic carbocycles. The lowest BCUT2D eigenvalue weighted by atomic mass is 10.1. The number of imide groups is 1. The number of benzene rings is 2. The zero-order valence-electron chi connectivity index (χ0n) is 19.2. The minimum absolute atomic E-state index is 0.175. The Morgan fingerprint density at radius 1 is 0.939 bits per heavy atom. The molecule has 2 aliphatic heterocycles. The Balaban J connectivity index is 1.33. The molecular formula is C26H32FN3O3. The zero-order chi connectivity index (χ0) is 23.2. The lowest BCUT2D eigenvalue weighted by Gasteiger charge is -2.38. The van der Waals surface area contributed by atoms with Gasteiger partial charge in [-0.2, -0.15) is 0 Å². The van der Waals surface area contributed by atoms with Crippen molar-refractivity contribution < 1.29 is 18.7 Å². The highest BCUT2D eigenvalue weighted by molar-refractivity contribution is 6.22. The molecule has 33 heavy (non-hydrogen) atoms. The van der Waals surface area contributed by atoms with Crippen LogP contribution in [-0.2, 0) is 9.59 Å². The normalized spacial score (nSPS) is 19.4. The number of anilines is 2. The van der Waals surface area contributed by atoms with E-state index in [-0.39, 0.29) is 24.1 Å². The van der Waals surface area contributed by atoms with Crippen molar-refractivity contribution in [1.29, 1.82) is 0 Å². The third kappa shape index (κ3) is 5.36. The van der Waals surface area contributed by atoms with E-state index in [2.05, 4.69) is 6.92 Å². The molecule has 0 radical (unpaired) electrons. The van der Waals surface area contributed by atoms with Crippen LogP contribution in [0.4, 0.5) is 15.8 Å².